The van der Waals surface area contributed by atoms with Crippen LogP contribution in [0, 0.1) is 0 Å². The molecule has 2 heterocycles. The highest BCUT2D eigenvalue weighted by Gasteiger charge is 2.23. The van der Waals surface area contributed by atoms with Gasteiger partial charge >= 0.3 is 0 Å². The van der Waals surface area contributed by atoms with Gasteiger partial charge in [0.25, 0.3) is 5.91 Å². The van der Waals surface area contributed by atoms with E-state index in [9.17, 15) is 4.79 Å². The summed E-state index contributed by atoms with van der Waals surface area (Å²) < 4.78 is 5.87. The number of carbonyl (C=O) groups excluding carboxylic acids is 1. The summed E-state index contributed by atoms with van der Waals surface area (Å²) in [5.41, 5.74) is 3.44. The highest BCUT2D eigenvalue weighted by molar-refractivity contribution is 7.12. The van der Waals surface area contributed by atoms with Gasteiger partial charge in [-0.2, -0.15) is 0 Å². The second-order valence-corrected chi connectivity index (χ2v) is 9.65. The number of hydrogen-bond acceptors (Lipinski definition) is 4. The van der Waals surface area contributed by atoms with Crippen LogP contribution in [0.1, 0.15) is 33.3 Å². The fourth-order valence-electron chi connectivity index (χ4n) is 3.71. The summed E-state index contributed by atoms with van der Waals surface area (Å²) in [6.07, 6.45) is 1.01. The van der Waals surface area contributed by atoms with Crippen molar-refractivity contribution in [1.82, 2.24) is 9.80 Å². The first-order chi connectivity index (χ1) is 15.5. The van der Waals surface area contributed by atoms with E-state index in [4.69, 9.17) is 27.9 Å². The minimum atomic E-state index is 0.0998. The first-order valence-corrected chi connectivity index (χ1v) is 12.4. The molecule has 0 bridgehead atoms. The van der Waals surface area contributed by atoms with E-state index >= 15 is 0 Å². The number of rotatable bonds is 7. The monoisotopic (exact) mass is 488 g/mol. The molecule has 0 unspecified atom stereocenters. The standard InChI is InChI=1S/C25H26Cl2N2O2S/c1-2-18-3-6-21(7-4-18)31-16-20-14-24(32-17-20)25(30)29-11-9-28(10-12-29)15-19-5-8-22(26)23(27)13-19/h3-8,13-14,17H,2,9-12,15-16H2,1H3. The summed E-state index contributed by atoms with van der Waals surface area (Å²) in [6.45, 7) is 6.50. The molecule has 0 spiro atoms. The van der Waals surface area contributed by atoms with E-state index < -0.39 is 0 Å². The third-order valence-electron chi connectivity index (χ3n) is 5.65. The number of aryl methyl sites for hydroxylation is 1. The van der Waals surface area contributed by atoms with Crippen LogP contribution in [-0.4, -0.2) is 41.9 Å². The first kappa shape index (κ1) is 23.1. The normalized spacial score (nSPS) is 14.5. The molecule has 7 heteroatoms. The lowest BCUT2D eigenvalue weighted by atomic mass is 10.2. The van der Waals surface area contributed by atoms with Crippen molar-refractivity contribution < 1.29 is 9.53 Å². The molecule has 0 N–H and O–H groups in total. The predicted octanol–water partition coefficient (Wildman–Crippen LogP) is 6.15. The van der Waals surface area contributed by atoms with Gasteiger partial charge < -0.3 is 9.64 Å². The zero-order chi connectivity index (χ0) is 22.5. The Balaban J connectivity index is 1.26. The molecule has 1 fully saturated rings. The minimum absolute atomic E-state index is 0.0998. The molecule has 0 saturated carbocycles. The fraction of sp³-hybridized carbons (Fsp3) is 0.320. The molecule has 0 radical (unpaired) electrons. The maximum Gasteiger partial charge on any atom is 0.264 e. The number of benzene rings is 2. The molecule has 2 aromatic carbocycles. The molecule has 4 nitrogen and oxygen atoms in total. The lowest BCUT2D eigenvalue weighted by Gasteiger charge is -2.34. The van der Waals surface area contributed by atoms with E-state index in [0.717, 1.165) is 47.8 Å². The third-order valence-corrected chi connectivity index (χ3v) is 7.36. The van der Waals surface area contributed by atoms with Gasteiger partial charge in [-0.15, -0.1) is 11.3 Å². The summed E-state index contributed by atoms with van der Waals surface area (Å²) in [5.74, 6) is 0.946. The summed E-state index contributed by atoms with van der Waals surface area (Å²) >= 11 is 13.6. The number of ether oxygens (including phenoxy) is 1. The molecule has 4 rings (SSSR count). The van der Waals surface area contributed by atoms with Crippen molar-refractivity contribution in [2.24, 2.45) is 0 Å². The lowest BCUT2D eigenvalue weighted by Crippen LogP contribution is -2.48. The quantitative estimate of drug-likeness (QED) is 0.399. The molecule has 0 aliphatic carbocycles. The van der Waals surface area contributed by atoms with Crippen LogP contribution in [0.3, 0.4) is 0 Å². The van der Waals surface area contributed by atoms with E-state index in [1.165, 1.54) is 16.9 Å². The topological polar surface area (TPSA) is 32.8 Å². The average molecular weight is 489 g/mol. The highest BCUT2D eigenvalue weighted by Crippen LogP contribution is 2.24. The van der Waals surface area contributed by atoms with Gasteiger partial charge in [0.1, 0.15) is 12.4 Å². The molecular weight excluding hydrogens is 463 g/mol. The molecular formula is C25H26Cl2N2O2S. The van der Waals surface area contributed by atoms with Crippen molar-refractivity contribution >= 4 is 40.4 Å². The third kappa shape index (κ3) is 5.84. The molecule has 0 atom stereocenters. The number of hydrogen-bond donors (Lipinski definition) is 0. The number of nitrogens with zero attached hydrogens (tertiary/aromatic N) is 2. The molecule has 1 amide bonds. The number of halogens is 2. The largest absolute Gasteiger partial charge is 0.489 e. The Morgan fingerprint density at radius 2 is 1.66 bits per heavy atom. The Kier molecular flexibility index (Phi) is 7.74. The van der Waals surface area contributed by atoms with E-state index in [2.05, 4.69) is 24.0 Å². The van der Waals surface area contributed by atoms with Crippen LogP contribution in [0.15, 0.2) is 53.9 Å². The smallest absolute Gasteiger partial charge is 0.264 e. The van der Waals surface area contributed by atoms with Crippen molar-refractivity contribution in [2.75, 3.05) is 26.2 Å². The van der Waals surface area contributed by atoms with Crippen molar-refractivity contribution in [3.63, 3.8) is 0 Å². The van der Waals surface area contributed by atoms with E-state index in [1.807, 2.05) is 46.7 Å². The van der Waals surface area contributed by atoms with Crippen LogP contribution in [0.25, 0.3) is 0 Å². The Labute approximate surface area is 203 Å². The van der Waals surface area contributed by atoms with E-state index in [1.54, 1.807) is 0 Å². The number of carbonyl (C=O) groups is 1. The lowest BCUT2D eigenvalue weighted by molar-refractivity contribution is 0.0633. The Morgan fingerprint density at radius 1 is 0.938 bits per heavy atom. The van der Waals surface area contributed by atoms with Gasteiger partial charge in [-0.25, -0.2) is 0 Å². The van der Waals surface area contributed by atoms with Gasteiger partial charge in [-0.1, -0.05) is 48.3 Å². The van der Waals surface area contributed by atoms with Gasteiger partial charge in [0.2, 0.25) is 0 Å². The second kappa shape index (κ2) is 10.7. The van der Waals surface area contributed by atoms with Crippen LogP contribution in [0.4, 0.5) is 0 Å². The van der Waals surface area contributed by atoms with Crippen LogP contribution >= 0.6 is 34.5 Å². The SMILES string of the molecule is CCc1ccc(OCc2csc(C(=O)N3CCN(Cc4ccc(Cl)c(Cl)c4)CC3)c2)cc1. The summed E-state index contributed by atoms with van der Waals surface area (Å²) in [6, 6.07) is 15.8. The van der Waals surface area contributed by atoms with Gasteiger partial charge in [0.15, 0.2) is 0 Å². The molecule has 168 valence electrons. The maximum absolute atomic E-state index is 12.9. The molecule has 32 heavy (non-hydrogen) atoms. The Bertz CT molecular complexity index is 1060. The molecule has 1 aliphatic rings. The first-order valence-electron chi connectivity index (χ1n) is 10.8. The zero-order valence-corrected chi connectivity index (χ0v) is 20.3. The predicted molar refractivity (Wildman–Crippen MR) is 132 cm³/mol. The summed E-state index contributed by atoms with van der Waals surface area (Å²) in [4.78, 5) is 18.0. The molecule has 1 aromatic heterocycles. The Hall–Kier alpha value is -2.05. The number of piperazine rings is 1. The van der Waals surface area contributed by atoms with Crippen molar-refractivity contribution in [2.45, 2.75) is 26.5 Å². The van der Waals surface area contributed by atoms with Crippen LogP contribution in [-0.2, 0) is 19.6 Å². The van der Waals surface area contributed by atoms with Gasteiger partial charge in [-0.3, -0.25) is 9.69 Å². The zero-order valence-electron chi connectivity index (χ0n) is 18.0. The van der Waals surface area contributed by atoms with E-state index in [0.29, 0.717) is 29.7 Å². The van der Waals surface area contributed by atoms with Gasteiger partial charge in [-0.05, 0) is 53.3 Å². The highest BCUT2D eigenvalue weighted by atomic mass is 35.5. The number of amides is 1. The fourth-order valence-corrected chi connectivity index (χ4v) is 4.90. The van der Waals surface area contributed by atoms with Crippen LogP contribution in [0.5, 0.6) is 5.75 Å². The van der Waals surface area contributed by atoms with E-state index in [-0.39, 0.29) is 5.91 Å². The van der Waals surface area contributed by atoms with Gasteiger partial charge in [0, 0.05) is 38.3 Å². The maximum atomic E-state index is 12.9. The number of thiophene rings is 1. The van der Waals surface area contributed by atoms with Crippen molar-refractivity contribution in [3.05, 3.63) is 85.5 Å². The molecule has 3 aromatic rings. The van der Waals surface area contributed by atoms with Crippen LogP contribution in [0.2, 0.25) is 10.0 Å². The van der Waals surface area contributed by atoms with Crippen LogP contribution < -0.4 is 4.74 Å². The summed E-state index contributed by atoms with van der Waals surface area (Å²) in [5, 5.41) is 3.16. The average Bonchev–Trinajstić information content (AvgIpc) is 3.29. The van der Waals surface area contributed by atoms with Crippen molar-refractivity contribution in [1.29, 1.82) is 0 Å². The van der Waals surface area contributed by atoms with Crippen molar-refractivity contribution in [3.8, 4) is 5.75 Å². The minimum Gasteiger partial charge on any atom is -0.489 e. The van der Waals surface area contributed by atoms with Gasteiger partial charge in [0.05, 0.1) is 14.9 Å². The molecule has 1 aliphatic heterocycles. The second-order valence-electron chi connectivity index (χ2n) is 7.92. The Morgan fingerprint density at radius 3 is 2.34 bits per heavy atom. The molecule has 1 saturated heterocycles. The summed E-state index contributed by atoms with van der Waals surface area (Å²) in [7, 11) is 0.